The highest BCUT2D eigenvalue weighted by Gasteiger charge is 2.26. The molecule has 1 aliphatic rings. The minimum Gasteiger partial charge on any atom is -0.377 e. The second-order valence-corrected chi connectivity index (χ2v) is 8.21. The van der Waals surface area contributed by atoms with E-state index in [4.69, 9.17) is 31.3 Å². The zero-order valence-electron chi connectivity index (χ0n) is 17.5. The summed E-state index contributed by atoms with van der Waals surface area (Å²) in [5.74, 6) is 2.19. The van der Waals surface area contributed by atoms with Crippen LogP contribution < -0.4 is 4.90 Å². The van der Waals surface area contributed by atoms with Crippen molar-refractivity contribution in [2.45, 2.75) is 13.0 Å². The van der Waals surface area contributed by atoms with Crippen LogP contribution in [0.4, 0.5) is 5.82 Å². The lowest BCUT2D eigenvalue weighted by atomic mass is 10.1. The van der Waals surface area contributed by atoms with Crippen LogP contribution in [0, 0.1) is 0 Å². The van der Waals surface area contributed by atoms with Crippen molar-refractivity contribution in [3.8, 4) is 17.2 Å². The van der Waals surface area contributed by atoms with Gasteiger partial charge in [0, 0.05) is 36.8 Å². The van der Waals surface area contributed by atoms with Crippen molar-refractivity contribution in [1.29, 1.82) is 0 Å². The number of hydrogen-bond acceptors (Lipinski definition) is 7. The molecule has 5 aromatic heterocycles. The Balaban J connectivity index is 1.65. The monoisotopic (exact) mass is 449 g/mol. The predicted octanol–water partition coefficient (Wildman–Crippen LogP) is 2.97. The molecule has 5 aromatic rings. The lowest BCUT2D eigenvalue weighted by Crippen LogP contribution is -2.44. The molecule has 0 radical (unpaired) electrons. The number of imidazole rings is 1. The third-order valence-corrected chi connectivity index (χ3v) is 5.99. The van der Waals surface area contributed by atoms with Crippen LogP contribution in [0.15, 0.2) is 36.9 Å². The minimum atomic E-state index is 0.157. The average Bonchev–Trinajstić information content (AvgIpc) is 3.52. The van der Waals surface area contributed by atoms with Crippen molar-refractivity contribution in [1.82, 2.24) is 39.3 Å². The highest BCUT2D eigenvalue weighted by atomic mass is 35.5. The number of H-pyrrole nitrogens is 1. The number of pyridine rings is 1. The summed E-state index contributed by atoms with van der Waals surface area (Å²) in [6.45, 7) is 4.11. The van der Waals surface area contributed by atoms with E-state index in [0.717, 1.165) is 34.6 Å². The van der Waals surface area contributed by atoms with Crippen molar-refractivity contribution in [2.24, 2.45) is 7.05 Å². The third-order valence-electron chi connectivity index (χ3n) is 5.80. The molecule has 1 N–H and O–H groups in total. The van der Waals surface area contributed by atoms with Crippen LogP contribution >= 0.6 is 11.6 Å². The number of nitrogens with zero attached hydrogens (tertiary/aromatic N) is 8. The van der Waals surface area contributed by atoms with Gasteiger partial charge in [-0.05, 0) is 19.1 Å². The summed E-state index contributed by atoms with van der Waals surface area (Å²) in [7, 11) is 1.89. The highest BCUT2D eigenvalue weighted by Crippen LogP contribution is 2.33. The normalized spacial score (nSPS) is 17.0. The maximum absolute atomic E-state index is 6.33. The molecule has 0 aromatic carbocycles. The average molecular weight is 450 g/mol. The van der Waals surface area contributed by atoms with Crippen LogP contribution in [0.25, 0.3) is 39.4 Å². The summed E-state index contributed by atoms with van der Waals surface area (Å²) in [5, 5.41) is 5.58. The van der Waals surface area contributed by atoms with E-state index in [-0.39, 0.29) is 6.04 Å². The van der Waals surface area contributed by atoms with E-state index in [1.807, 2.05) is 29.9 Å². The Morgan fingerprint density at radius 2 is 2.12 bits per heavy atom. The molecule has 6 heterocycles. The number of hydrogen-bond donors (Lipinski definition) is 1. The molecule has 11 heteroatoms. The van der Waals surface area contributed by atoms with Crippen LogP contribution in [0.1, 0.15) is 6.92 Å². The zero-order valence-corrected chi connectivity index (χ0v) is 18.3. The fraction of sp³-hybridized carbons (Fsp3) is 0.286. The number of aromatic amines is 1. The molecule has 162 valence electrons. The van der Waals surface area contributed by atoms with Gasteiger partial charge in [0.05, 0.1) is 25.5 Å². The molecule has 0 spiro atoms. The first-order valence-electron chi connectivity index (χ1n) is 10.3. The van der Waals surface area contributed by atoms with E-state index in [2.05, 4.69) is 26.9 Å². The van der Waals surface area contributed by atoms with Crippen LogP contribution in [0.2, 0.25) is 5.15 Å². The van der Waals surface area contributed by atoms with Crippen LogP contribution in [0.5, 0.6) is 0 Å². The number of morpholine rings is 1. The van der Waals surface area contributed by atoms with E-state index in [1.54, 1.807) is 23.3 Å². The van der Waals surface area contributed by atoms with E-state index in [0.29, 0.717) is 35.5 Å². The third kappa shape index (κ3) is 2.94. The molecule has 1 fully saturated rings. The quantitative estimate of drug-likeness (QED) is 0.422. The van der Waals surface area contributed by atoms with Crippen LogP contribution in [0.3, 0.4) is 0 Å². The molecular formula is C21H20ClN9O. The Labute approximate surface area is 187 Å². The van der Waals surface area contributed by atoms with Crippen molar-refractivity contribution < 1.29 is 4.74 Å². The number of ether oxygens (including phenoxy) is 1. The van der Waals surface area contributed by atoms with Gasteiger partial charge in [-0.2, -0.15) is 5.10 Å². The maximum Gasteiger partial charge on any atom is 0.171 e. The lowest BCUT2D eigenvalue weighted by Gasteiger charge is -2.34. The van der Waals surface area contributed by atoms with Crippen molar-refractivity contribution in [3.63, 3.8) is 0 Å². The Bertz CT molecular complexity index is 1450. The second kappa shape index (κ2) is 7.28. The van der Waals surface area contributed by atoms with Gasteiger partial charge in [0.25, 0.3) is 0 Å². The topological polar surface area (TPSA) is 103 Å². The van der Waals surface area contributed by atoms with Gasteiger partial charge in [-0.1, -0.05) is 11.6 Å². The molecule has 10 nitrogen and oxygen atoms in total. The predicted molar refractivity (Wildman–Crippen MR) is 121 cm³/mol. The maximum atomic E-state index is 6.33. The largest absolute Gasteiger partial charge is 0.377 e. The molecule has 0 aliphatic carbocycles. The second-order valence-electron chi connectivity index (χ2n) is 7.82. The Hall–Kier alpha value is -3.50. The van der Waals surface area contributed by atoms with Gasteiger partial charge in [0.2, 0.25) is 0 Å². The molecule has 6 rings (SSSR count). The smallest absolute Gasteiger partial charge is 0.171 e. The molecule has 1 aliphatic heterocycles. The first-order valence-corrected chi connectivity index (χ1v) is 10.7. The summed E-state index contributed by atoms with van der Waals surface area (Å²) in [6.07, 6.45) is 5.35. The molecule has 32 heavy (non-hydrogen) atoms. The number of aryl methyl sites for hydroxylation is 1. The molecule has 1 atom stereocenters. The van der Waals surface area contributed by atoms with Crippen molar-refractivity contribution in [3.05, 3.63) is 42.1 Å². The van der Waals surface area contributed by atoms with E-state index < -0.39 is 0 Å². The van der Waals surface area contributed by atoms with Gasteiger partial charge in [0.1, 0.15) is 22.9 Å². The minimum absolute atomic E-state index is 0.157. The van der Waals surface area contributed by atoms with Crippen LogP contribution in [-0.4, -0.2) is 65.1 Å². The first-order chi connectivity index (χ1) is 15.6. The summed E-state index contributed by atoms with van der Waals surface area (Å²) < 4.78 is 9.37. The fourth-order valence-corrected chi connectivity index (χ4v) is 4.40. The number of aromatic nitrogens is 8. The molecule has 0 unspecified atom stereocenters. The van der Waals surface area contributed by atoms with Gasteiger partial charge in [0.15, 0.2) is 22.8 Å². The van der Waals surface area contributed by atoms with Crippen molar-refractivity contribution in [2.75, 3.05) is 24.7 Å². The Morgan fingerprint density at radius 1 is 1.22 bits per heavy atom. The van der Waals surface area contributed by atoms with Gasteiger partial charge in [-0.25, -0.2) is 19.9 Å². The molecular weight excluding hydrogens is 430 g/mol. The van der Waals surface area contributed by atoms with Crippen molar-refractivity contribution >= 4 is 39.6 Å². The van der Waals surface area contributed by atoms with Gasteiger partial charge in [-0.15, -0.1) is 0 Å². The van der Waals surface area contributed by atoms with Crippen LogP contribution in [-0.2, 0) is 11.8 Å². The number of fused-ring (bicyclic) bond motifs is 2. The number of rotatable bonds is 3. The Morgan fingerprint density at radius 3 is 2.94 bits per heavy atom. The lowest BCUT2D eigenvalue weighted by molar-refractivity contribution is 0.0987. The summed E-state index contributed by atoms with van der Waals surface area (Å²) >= 11 is 6.33. The standard InChI is InChI=1S/C21H20ClN9O/c1-12-10-32-8-7-30(12)20-17-21(31(11-24-17)16-4-6-25-29(16)2)28-19(27-20)14-9-15(22)26-18-13(14)3-5-23-18/h3-6,9,11-12H,7-8,10H2,1-2H3,(H,23,26)/t12-/m1/s1. The Kier molecular flexibility index (Phi) is 4.37. The highest BCUT2D eigenvalue weighted by molar-refractivity contribution is 6.30. The summed E-state index contributed by atoms with van der Waals surface area (Å²) in [4.78, 5) is 24.4. The molecule has 0 amide bonds. The summed E-state index contributed by atoms with van der Waals surface area (Å²) in [6, 6.07) is 5.84. The number of halogens is 1. The first kappa shape index (κ1) is 19.2. The molecule has 0 bridgehead atoms. The van der Waals surface area contributed by atoms with E-state index in [1.165, 1.54) is 0 Å². The van der Waals surface area contributed by atoms with Gasteiger partial charge < -0.3 is 14.6 Å². The fourth-order valence-electron chi connectivity index (χ4n) is 4.21. The summed E-state index contributed by atoms with van der Waals surface area (Å²) in [5.41, 5.74) is 2.93. The molecule has 1 saturated heterocycles. The SMILES string of the molecule is C[C@@H]1COCCN1c1nc(-c2cc(Cl)nc3[nH]ccc23)nc2c1ncn2-c1ccnn1C. The van der Waals surface area contributed by atoms with E-state index in [9.17, 15) is 0 Å². The van der Waals surface area contributed by atoms with Gasteiger partial charge >= 0.3 is 0 Å². The van der Waals surface area contributed by atoms with E-state index >= 15 is 0 Å². The number of anilines is 1. The number of nitrogens with one attached hydrogen (secondary N) is 1. The molecule has 0 saturated carbocycles. The zero-order chi connectivity index (χ0) is 21.8. The van der Waals surface area contributed by atoms with Gasteiger partial charge in [-0.3, -0.25) is 9.25 Å².